The average molecular weight is 416 g/mol. The largest absolute Gasteiger partial charge is 0.395 e. The zero-order chi connectivity index (χ0) is 21.6. The molecule has 29 heavy (non-hydrogen) atoms. The smallest absolute Gasteiger partial charge is 0.221 e. The van der Waals surface area contributed by atoms with Crippen molar-refractivity contribution in [3.05, 3.63) is 46.0 Å². The predicted molar refractivity (Wildman–Crippen MR) is 114 cm³/mol. The molecule has 0 saturated heterocycles. The van der Waals surface area contributed by atoms with Gasteiger partial charge < -0.3 is 26.2 Å². The first kappa shape index (κ1) is 24.2. The Kier molecular flexibility index (Phi) is 11.2. The zero-order valence-electron chi connectivity index (χ0n) is 16.5. The maximum atomic E-state index is 11.2. The van der Waals surface area contributed by atoms with Crippen molar-refractivity contribution in [2.75, 3.05) is 44.5 Å². The number of nitriles is 2. The number of benzene rings is 1. The summed E-state index contributed by atoms with van der Waals surface area (Å²) in [6, 6.07) is 11.1. The van der Waals surface area contributed by atoms with E-state index in [2.05, 4.69) is 22.8 Å². The summed E-state index contributed by atoms with van der Waals surface area (Å²) in [4.78, 5) is 11.2. The summed E-state index contributed by atoms with van der Waals surface area (Å²) in [5.41, 5.74) is 8.30. The van der Waals surface area contributed by atoms with Gasteiger partial charge in [0.05, 0.1) is 35.5 Å². The summed E-state index contributed by atoms with van der Waals surface area (Å²) in [5, 5.41) is 34.4. The van der Waals surface area contributed by atoms with Crippen LogP contribution in [0, 0.1) is 22.7 Å². The molecule has 9 heteroatoms. The first-order valence-corrected chi connectivity index (χ1v) is 9.81. The highest BCUT2D eigenvalue weighted by Crippen LogP contribution is 2.31. The molecule has 0 spiro atoms. The van der Waals surface area contributed by atoms with Crippen molar-refractivity contribution in [1.29, 1.82) is 10.5 Å². The van der Waals surface area contributed by atoms with E-state index in [1.165, 1.54) is 18.7 Å². The molecule has 1 aromatic rings. The summed E-state index contributed by atoms with van der Waals surface area (Å²) >= 11 is 1.27. The van der Waals surface area contributed by atoms with E-state index in [0.717, 1.165) is 0 Å². The molecule has 0 saturated carbocycles. The summed E-state index contributed by atoms with van der Waals surface area (Å²) in [5.74, 6) is 0.364. The van der Waals surface area contributed by atoms with Gasteiger partial charge in [0.15, 0.2) is 0 Å². The Hall–Kier alpha value is -2.82. The molecule has 8 nitrogen and oxygen atoms in total. The van der Waals surface area contributed by atoms with Crippen LogP contribution < -0.4 is 16.4 Å². The third kappa shape index (κ3) is 7.98. The molecule has 1 aromatic carbocycles. The van der Waals surface area contributed by atoms with Crippen molar-refractivity contribution in [2.24, 2.45) is 5.73 Å². The molecule has 0 aliphatic carbocycles. The van der Waals surface area contributed by atoms with Gasteiger partial charge in [-0.2, -0.15) is 10.5 Å². The minimum atomic E-state index is -0.198. The third-order valence-corrected chi connectivity index (χ3v) is 4.56. The van der Waals surface area contributed by atoms with Gasteiger partial charge in [-0.3, -0.25) is 4.79 Å². The number of hydrogen-bond donors (Lipinski definition) is 4. The van der Waals surface area contributed by atoms with E-state index in [1.54, 1.807) is 31.4 Å². The van der Waals surface area contributed by atoms with Crippen LogP contribution in [0.2, 0.25) is 0 Å². The van der Waals surface area contributed by atoms with Crippen LogP contribution in [0.3, 0.4) is 0 Å². The van der Waals surface area contributed by atoms with Crippen molar-refractivity contribution in [1.82, 2.24) is 5.32 Å². The van der Waals surface area contributed by atoms with E-state index in [0.29, 0.717) is 46.3 Å². The molecule has 0 radical (unpaired) electrons. The van der Waals surface area contributed by atoms with Crippen LogP contribution in [-0.4, -0.2) is 50.2 Å². The Morgan fingerprint density at radius 1 is 1.28 bits per heavy atom. The lowest BCUT2D eigenvalue weighted by Gasteiger charge is -2.14. The lowest BCUT2D eigenvalue weighted by molar-refractivity contribution is -0.114. The lowest BCUT2D eigenvalue weighted by Crippen LogP contribution is -2.21. The standard InChI is InChI=1S/C20H25N5O3S/c1-14(27)25-17-5-3-15(4-6-17)19(16(11-21)13-24-7-8-26)18(12-22)20(23)29-10-9-28-2/h3-6,24,26H,7-10,13,23H2,1-2H3,(H,25,27)/b19-16-,20-18+. The van der Waals surface area contributed by atoms with E-state index in [1.807, 2.05) is 0 Å². The summed E-state index contributed by atoms with van der Waals surface area (Å²) in [6.07, 6.45) is 0. The minimum Gasteiger partial charge on any atom is -0.395 e. The maximum Gasteiger partial charge on any atom is 0.221 e. The van der Waals surface area contributed by atoms with Crippen molar-refractivity contribution in [3.8, 4) is 12.1 Å². The molecule has 0 fully saturated rings. The van der Waals surface area contributed by atoms with E-state index >= 15 is 0 Å². The highest BCUT2D eigenvalue weighted by molar-refractivity contribution is 8.03. The predicted octanol–water partition coefficient (Wildman–Crippen LogP) is 1.58. The molecule has 0 heterocycles. The molecule has 0 unspecified atom stereocenters. The molecule has 0 bridgehead atoms. The summed E-state index contributed by atoms with van der Waals surface area (Å²) in [6.45, 7) is 2.28. The second-order valence-electron chi connectivity index (χ2n) is 5.82. The van der Waals surface area contributed by atoms with Crippen LogP contribution in [0.25, 0.3) is 5.57 Å². The zero-order valence-corrected chi connectivity index (χ0v) is 17.3. The third-order valence-electron chi connectivity index (χ3n) is 3.67. The fraction of sp³-hybridized carbons (Fsp3) is 0.350. The maximum absolute atomic E-state index is 11.2. The van der Waals surface area contributed by atoms with Crippen molar-refractivity contribution >= 4 is 28.9 Å². The molecule has 0 aliphatic rings. The number of aliphatic hydroxyl groups is 1. The fourth-order valence-corrected chi connectivity index (χ4v) is 3.17. The number of nitrogens with two attached hydrogens (primary N) is 1. The Balaban J connectivity index is 3.45. The number of aliphatic hydroxyl groups excluding tert-OH is 1. The lowest BCUT2D eigenvalue weighted by atomic mass is 9.94. The number of thioether (sulfide) groups is 1. The number of allylic oxidation sites excluding steroid dienone is 2. The Bertz CT molecular complexity index is 835. The number of nitrogens with one attached hydrogen (secondary N) is 2. The van der Waals surface area contributed by atoms with Crippen molar-refractivity contribution < 1.29 is 14.6 Å². The number of hydrogen-bond acceptors (Lipinski definition) is 8. The Labute approximate surface area is 175 Å². The van der Waals surface area contributed by atoms with Gasteiger partial charge in [0.2, 0.25) is 5.91 Å². The van der Waals surface area contributed by atoms with Gasteiger partial charge in [0, 0.05) is 44.1 Å². The van der Waals surface area contributed by atoms with Crippen molar-refractivity contribution in [2.45, 2.75) is 6.92 Å². The fourth-order valence-electron chi connectivity index (χ4n) is 2.41. The van der Waals surface area contributed by atoms with Crippen molar-refractivity contribution in [3.63, 3.8) is 0 Å². The van der Waals surface area contributed by atoms with E-state index in [4.69, 9.17) is 15.6 Å². The minimum absolute atomic E-state index is 0.0740. The number of nitrogens with zero attached hydrogens (tertiary/aromatic N) is 2. The van der Waals surface area contributed by atoms with Gasteiger partial charge in [-0.05, 0) is 17.7 Å². The van der Waals surface area contributed by atoms with Crippen LogP contribution in [0.1, 0.15) is 12.5 Å². The van der Waals surface area contributed by atoms with E-state index in [9.17, 15) is 15.3 Å². The molecule has 1 amide bonds. The summed E-state index contributed by atoms with van der Waals surface area (Å²) in [7, 11) is 1.58. The SMILES string of the molecule is COCCS/C(N)=C(C#N)/C(=C(/C#N)CNCCO)c1ccc(NC(C)=O)cc1. The number of carbonyl (C=O) groups is 1. The average Bonchev–Trinajstić information content (AvgIpc) is 2.70. The van der Waals surface area contributed by atoms with Gasteiger partial charge in [0.25, 0.3) is 0 Å². The van der Waals surface area contributed by atoms with E-state index in [-0.39, 0.29) is 24.6 Å². The topological polar surface area (TPSA) is 144 Å². The first-order valence-electron chi connectivity index (χ1n) is 8.83. The molecule has 1 rings (SSSR count). The molecular weight excluding hydrogens is 390 g/mol. The molecule has 0 aliphatic heterocycles. The van der Waals surface area contributed by atoms with Crippen LogP contribution in [0.5, 0.6) is 0 Å². The second kappa shape index (κ2) is 13.4. The van der Waals surface area contributed by atoms with Gasteiger partial charge in [0.1, 0.15) is 6.07 Å². The number of methoxy groups -OCH3 is 1. The second-order valence-corrected chi connectivity index (χ2v) is 6.95. The molecular formula is C20H25N5O3S. The Morgan fingerprint density at radius 3 is 2.48 bits per heavy atom. The number of carbonyl (C=O) groups excluding carboxylic acids is 1. The molecule has 0 aromatic heterocycles. The first-order chi connectivity index (χ1) is 14.0. The normalized spacial score (nSPS) is 12.3. The molecule has 154 valence electrons. The van der Waals surface area contributed by atoms with Gasteiger partial charge in [-0.15, -0.1) is 11.8 Å². The summed E-state index contributed by atoms with van der Waals surface area (Å²) < 4.78 is 5.02. The quantitative estimate of drug-likeness (QED) is 0.242. The highest BCUT2D eigenvalue weighted by Gasteiger charge is 2.18. The van der Waals surface area contributed by atoms with Gasteiger partial charge >= 0.3 is 0 Å². The van der Waals surface area contributed by atoms with E-state index < -0.39 is 0 Å². The number of anilines is 1. The number of rotatable bonds is 11. The van der Waals surface area contributed by atoms with Crippen LogP contribution in [0.4, 0.5) is 5.69 Å². The molecule has 0 atom stereocenters. The van der Waals surface area contributed by atoms with Crippen LogP contribution in [-0.2, 0) is 9.53 Å². The molecule has 5 N–H and O–H groups in total. The Morgan fingerprint density at radius 2 is 1.97 bits per heavy atom. The van der Waals surface area contributed by atoms with Gasteiger partial charge in [-0.1, -0.05) is 12.1 Å². The highest BCUT2D eigenvalue weighted by atomic mass is 32.2. The number of amides is 1. The van der Waals surface area contributed by atoms with Crippen LogP contribution in [0.15, 0.2) is 40.4 Å². The number of ether oxygens (including phenoxy) is 1. The van der Waals surface area contributed by atoms with Crippen LogP contribution >= 0.6 is 11.8 Å². The van der Waals surface area contributed by atoms with Gasteiger partial charge in [-0.25, -0.2) is 0 Å². The monoisotopic (exact) mass is 415 g/mol.